The van der Waals surface area contributed by atoms with Crippen LogP contribution < -0.4 is 10.6 Å². The van der Waals surface area contributed by atoms with Gasteiger partial charge in [-0.25, -0.2) is 4.98 Å². The Kier molecular flexibility index (Phi) is 4.12. The van der Waals surface area contributed by atoms with Crippen molar-refractivity contribution >= 4 is 11.6 Å². The maximum absolute atomic E-state index is 4.28. The Bertz CT molecular complexity index is 274. The summed E-state index contributed by atoms with van der Waals surface area (Å²) in [6, 6.07) is 0. The van der Waals surface area contributed by atoms with Crippen LogP contribution in [0.2, 0.25) is 0 Å². The van der Waals surface area contributed by atoms with Crippen LogP contribution in [0.15, 0.2) is 12.4 Å². The molecule has 0 aliphatic rings. The van der Waals surface area contributed by atoms with Gasteiger partial charge in [0.2, 0.25) is 0 Å². The molecular weight excluding hydrogens is 178 g/mol. The molecule has 2 N–H and O–H groups in total. The van der Waals surface area contributed by atoms with E-state index in [0.717, 1.165) is 24.7 Å². The summed E-state index contributed by atoms with van der Waals surface area (Å²) in [6.45, 7) is 1.85. The van der Waals surface area contributed by atoms with Gasteiger partial charge in [-0.1, -0.05) is 0 Å². The molecule has 5 nitrogen and oxygen atoms in total. The zero-order valence-corrected chi connectivity index (χ0v) is 8.91. The van der Waals surface area contributed by atoms with Crippen LogP contribution in [0.3, 0.4) is 0 Å². The van der Waals surface area contributed by atoms with E-state index in [4.69, 9.17) is 0 Å². The van der Waals surface area contributed by atoms with Crippen LogP contribution in [-0.4, -0.2) is 49.1 Å². The predicted octanol–water partition coefficient (Wildman–Crippen LogP) is 0.492. The first-order valence-electron chi connectivity index (χ1n) is 4.61. The largest absolute Gasteiger partial charge is 0.372 e. The SMILES string of the molecule is CNc1cncc(NCCN(C)C)n1. The summed E-state index contributed by atoms with van der Waals surface area (Å²) in [5.74, 6) is 1.58. The summed E-state index contributed by atoms with van der Waals surface area (Å²) in [5.41, 5.74) is 0. The summed E-state index contributed by atoms with van der Waals surface area (Å²) < 4.78 is 0. The van der Waals surface area contributed by atoms with Crippen LogP contribution in [-0.2, 0) is 0 Å². The molecule has 0 saturated carbocycles. The zero-order chi connectivity index (χ0) is 10.4. The number of nitrogens with one attached hydrogen (secondary N) is 2. The van der Waals surface area contributed by atoms with Gasteiger partial charge in [-0.2, -0.15) is 0 Å². The lowest BCUT2D eigenvalue weighted by molar-refractivity contribution is 0.425. The van der Waals surface area contributed by atoms with Crippen molar-refractivity contribution in [2.75, 3.05) is 44.9 Å². The minimum absolute atomic E-state index is 0.778. The number of hydrogen-bond acceptors (Lipinski definition) is 5. The Labute approximate surface area is 84.6 Å². The minimum atomic E-state index is 0.778. The average Bonchev–Trinajstić information content (AvgIpc) is 2.18. The standard InChI is InChI=1S/C9H17N5/c1-10-8-6-11-7-9(13-8)12-4-5-14(2)3/h6-7H,4-5H2,1-3H3,(H2,10,12,13). The third-order valence-electron chi connectivity index (χ3n) is 1.76. The van der Waals surface area contributed by atoms with E-state index in [2.05, 4.69) is 25.5 Å². The van der Waals surface area contributed by atoms with Crippen molar-refractivity contribution in [3.63, 3.8) is 0 Å². The number of likely N-dealkylation sites (N-methyl/N-ethyl adjacent to an activating group) is 1. The average molecular weight is 195 g/mol. The minimum Gasteiger partial charge on any atom is -0.372 e. The maximum atomic E-state index is 4.28. The van der Waals surface area contributed by atoms with E-state index in [9.17, 15) is 0 Å². The molecule has 1 rings (SSSR count). The van der Waals surface area contributed by atoms with Gasteiger partial charge < -0.3 is 15.5 Å². The first kappa shape index (κ1) is 10.7. The van der Waals surface area contributed by atoms with Crippen molar-refractivity contribution in [1.29, 1.82) is 0 Å². The Morgan fingerprint density at radius 1 is 1.29 bits per heavy atom. The monoisotopic (exact) mass is 195 g/mol. The van der Waals surface area contributed by atoms with E-state index < -0.39 is 0 Å². The highest BCUT2D eigenvalue weighted by Crippen LogP contribution is 2.04. The number of hydrogen-bond donors (Lipinski definition) is 2. The van der Waals surface area contributed by atoms with Crippen LogP contribution in [0.25, 0.3) is 0 Å². The lowest BCUT2D eigenvalue weighted by atomic mass is 10.5. The third-order valence-corrected chi connectivity index (χ3v) is 1.76. The van der Waals surface area contributed by atoms with Gasteiger partial charge >= 0.3 is 0 Å². The molecule has 0 fully saturated rings. The molecule has 0 radical (unpaired) electrons. The van der Waals surface area contributed by atoms with Crippen molar-refractivity contribution in [3.8, 4) is 0 Å². The van der Waals surface area contributed by atoms with Crippen molar-refractivity contribution in [2.45, 2.75) is 0 Å². The van der Waals surface area contributed by atoms with E-state index >= 15 is 0 Å². The fourth-order valence-corrected chi connectivity index (χ4v) is 0.979. The molecule has 5 heteroatoms. The lowest BCUT2D eigenvalue weighted by Gasteiger charge is -2.10. The summed E-state index contributed by atoms with van der Waals surface area (Å²) in [7, 11) is 5.91. The molecule has 0 atom stereocenters. The van der Waals surface area contributed by atoms with Crippen molar-refractivity contribution in [3.05, 3.63) is 12.4 Å². The van der Waals surface area contributed by atoms with Crippen LogP contribution in [0.4, 0.5) is 11.6 Å². The van der Waals surface area contributed by atoms with E-state index in [1.165, 1.54) is 0 Å². The van der Waals surface area contributed by atoms with Crippen molar-refractivity contribution in [2.24, 2.45) is 0 Å². The molecule has 1 aromatic rings. The van der Waals surface area contributed by atoms with Gasteiger partial charge in [-0.3, -0.25) is 4.98 Å². The Morgan fingerprint density at radius 2 is 2.00 bits per heavy atom. The van der Waals surface area contributed by atoms with Crippen LogP contribution >= 0.6 is 0 Å². The van der Waals surface area contributed by atoms with Gasteiger partial charge in [-0.15, -0.1) is 0 Å². The second-order valence-electron chi connectivity index (χ2n) is 3.27. The number of anilines is 2. The number of aromatic nitrogens is 2. The summed E-state index contributed by atoms with van der Waals surface area (Å²) in [6.07, 6.45) is 3.41. The van der Waals surface area contributed by atoms with Crippen LogP contribution in [0.5, 0.6) is 0 Å². The summed E-state index contributed by atoms with van der Waals surface area (Å²) in [5, 5.41) is 6.14. The molecule has 1 heterocycles. The molecule has 0 aliphatic heterocycles. The number of rotatable bonds is 5. The summed E-state index contributed by atoms with van der Waals surface area (Å²) in [4.78, 5) is 10.5. The molecular formula is C9H17N5. The van der Waals surface area contributed by atoms with Gasteiger partial charge in [0.1, 0.15) is 11.6 Å². The molecule has 1 aromatic heterocycles. The van der Waals surface area contributed by atoms with E-state index in [-0.39, 0.29) is 0 Å². The highest BCUT2D eigenvalue weighted by molar-refractivity contribution is 5.40. The molecule has 0 amide bonds. The van der Waals surface area contributed by atoms with Gasteiger partial charge in [0.25, 0.3) is 0 Å². The van der Waals surface area contributed by atoms with E-state index in [1.807, 2.05) is 21.1 Å². The first-order valence-corrected chi connectivity index (χ1v) is 4.61. The Hall–Kier alpha value is -1.36. The molecule has 0 unspecified atom stereocenters. The normalized spacial score (nSPS) is 10.3. The first-order chi connectivity index (χ1) is 6.72. The quantitative estimate of drug-likeness (QED) is 0.716. The Balaban J connectivity index is 2.42. The van der Waals surface area contributed by atoms with Gasteiger partial charge in [-0.05, 0) is 14.1 Å². The fourth-order valence-electron chi connectivity index (χ4n) is 0.979. The highest BCUT2D eigenvalue weighted by Gasteiger charge is 1.96. The number of nitrogens with zero attached hydrogens (tertiary/aromatic N) is 3. The van der Waals surface area contributed by atoms with Gasteiger partial charge in [0, 0.05) is 20.1 Å². The summed E-state index contributed by atoms with van der Waals surface area (Å²) >= 11 is 0. The molecule has 0 saturated heterocycles. The maximum Gasteiger partial charge on any atom is 0.147 e. The lowest BCUT2D eigenvalue weighted by Crippen LogP contribution is -2.21. The second kappa shape index (κ2) is 5.39. The van der Waals surface area contributed by atoms with E-state index in [1.54, 1.807) is 12.4 Å². The molecule has 78 valence electrons. The fraction of sp³-hybridized carbons (Fsp3) is 0.556. The molecule has 14 heavy (non-hydrogen) atoms. The zero-order valence-electron chi connectivity index (χ0n) is 8.91. The third kappa shape index (κ3) is 3.57. The smallest absolute Gasteiger partial charge is 0.147 e. The Morgan fingerprint density at radius 3 is 2.64 bits per heavy atom. The predicted molar refractivity (Wildman–Crippen MR) is 58.6 cm³/mol. The van der Waals surface area contributed by atoms with Gasteiger partial charge in [0.05, 0.1) is 12.4 Å². The molecule has 0 aromatic carbocycles. The van der Waals surface area contributed by atoms with Crippen molar-refractivity contribution < 1.29 is 0 Å². The van der Waals surface area contributed by atoms with Gasteiger partial charge in [0.15, 0.2) is 0 Å². The second-order valence-corrected chi connectivity index (χ2v) is 3.27. The molecule has 0 spiro atoms. The highest BCUT2D eigenvalue weighted by atomic mass is 15.1. The van der Waals surface area contributed by atoms with Crippen molar-refractivity contribution in [1.82, 2.24) is 14.9 Å². The topological polar surface area (TPSA) is 53.1 Å². The molecule has 0 bridgehead atoms. The van der Waals surface area contributed by atoms with Crippen LogP contribution in [0.1, 0.15) is 0 Å². The van der Waals surface area contributed by atoms with E-state index in [0.29, 0.717) is 0 Å². The molecule has 0 aliphatic carbocycles. The van der Waals surface area contributed by atoms with Crippen LogP contribution in [0, 0.1) is 0 Å².